The van der Waals surface area contributed by atoms with Crippen molar-refractivity contribution in [3.05, 3.63) is 111 Å². The molecule has 3 aromatic carbocycles. The van der Waals surface area contributed by atoms with Crippen LogP contribution in [0.4, 0.5) is 13.2 Å². The maximum Gasteiger partial charge on any atom is 0.416 e. The molecule has 4 aromatic rings. The van der Waals surface area contributed by atoms with Crippen molar-refractivity contribution in [2.45, 2.75) is 69.4 Å². The molecule has 6 rings (SSSR count). The zero-order valence-electron chi connectivity index (χ0n) is 26.0. The Balaban J connectivity index is 1.36. The van der Waals surface area contributed by atoms with Crippen molar-refractivity contribution in [2.24, 2.45) is 0 Å². The van der Waals surface area contributed by atoms with E-state index < -0.39 is 29.8 Å². The highest BCUT2D eigenvalue weighted by Gasteiger charge is 2.35. The fourth-order valence-corrected chi connectivity index (χ4v) is 7.48. The molecule has 0 aliphatic carbocycles. The summed E-state index contributed by atoms with van der Waals surface area (Å²) in [6.07, 6.45) is -1.88. The maximum absolute atomic E-state index is 14.1. The van der Waals surface area contributed by atoms with Gasteiger partial charge in [0.15, 0.2) is 0 Å². The molecule has 3 heterocycles. The third kappa shape index (κ3) is 7.58. The van der Waals surface area contributed by atoms with Crippen molar-refractivity contribution >= 4 is 23.2 Å². The molecule has 11 heteroatoms. The van der Waals surface area contributed by atoms with Gasteiger partial charge in [-0.3, -0.25) is 9.59 Å². The Morgan fingerprint density at radius 2 is 1.81 bits per heavy atom. The fraction of sp³-hybridized carbons (Fsp3) is 0.361. The SMILES string of the molecule is Cc1csc([C@H]2CCCN2C(=O)c2cc(C(=O)N[C@H](Cc3ccccc3)[C@H](O)[C@@H]3CCCN3)cc(-c3cccc(C(F)(F)F)c3)c2)n1. The lowest BCUT2D eigenvalue weighted by atomic mass is 9.94. The number of aryl methyl sites for hydroxylation is 1. The van der Waals surface area contributed by atoms with E-state index in [1.54, 1.807) is 11.0 Å². The van der Waals surface area contributed by atoms with Crippen molar-refractivity contribution in [2.75, 3.05) is 13.1 Å². The summed E-state index contributed by atoms with van der Waals surface area (Å²) in [5, 5.41) is 20.5. The molecular formula is C36H37F3N4O3S. The van der Waals surface area contributed by atoms with Gasteiger partial charge in [-0.05, 0) is 92.6 Å². The van der Waals surface area contributed by atoms with Crippen LogP contribution in [0.1, 0.15) is 74.3 Å². The van der Waals surface area contributed by atoms with E-state index in [0.29, 0.717) is 18.5 Å². The van der Waals surface area contributed by atoms with Gasteiger partial charge in [-0.25, -0.2) is 4.98 Å². The molecule has 7 nitrogen and oxygen atoms in total. The molecule has 0 spiro atoms. The van der Waals surface area contributed by atoms with Gasteiger partial charge in [-0.1, -0.05) is 42.5 Å². The number of aliphatic hydroxyl groups is 1. The molecular weight excluding hydrogens is 625 g/mol. The molecule has 0 unspecified atom stereocenters. The standard InChI is InChI=1S/C36H37F3N4O3S/c1-22-21-47-34(41-22)31-13-7-15-43(31)35(46)27-18-25(24-10-5-11-28(20-24)36(37,38)39)17-26(19-27)33(45)42-30(16-23-8-3-2-4-9-23)32(44)29-12-6-14-40-29/h2-5,8-11,17-21,29-32,40,44H,6-7,12-16H2,1H3,(H,42,45)/t29-,30+,31+,32+/m0/s1. The average molecular weight is 663 g/mol. The third-order valence-electron chi connectivity index (χ3n) is 8.94. The molecule has 2 fully saturated rings. The Labute approximate surface area is 275 Å². The first-order chi connectivity index (χ1) is 22.6. The summed E-state index contributed by atoms with van der Waals surface area (Å²) in [6.45, 7) is 3.17. The van der Waals surface area contributed by atoms with Crippen LogP contribution >= 0.6 is 11.3 Å². The Hall–Kier alpha value is -4.06. The van der Waals surface area contributed by atoms with Gasteiger partial charge >= 0.3 is 6.18 Å². The lowest BCUT2D eigenvalue weighted by Crippen LogP contribution is -2.52. The van der Waals surface area contributed by atoms with Gasteiger partial charge in [0.2, 0.25) is 0 Å². The number of rotatable bonds is 9. The molecule has 4 atom stereocenters. The maximum atomic E-state index is 14.1. The van der Waals surface area contributed by atoms with Crippen LogP contribution in [0.2, 0.25) is 0 Å². The molecule has 2 amide bonds. The Bertz CT molecular complexity index is 1720. The Morgan fingerprint density at radius 1 is 1.02 bits per heavy atom. The number of benzene rings is 3. The summed E-state index contributed by atoms with van der Waals surface area (Å²) in [5.41, 5.74) is 1.83. The highest BCUT2D eigenvalue weighted by Crippen LogP contribution is 2.36. The van der Waals surface area contributed by atoms with Crippen LogP contribution in [0.15, 0.2) is 78.2 Å². The summed E-state index contributed by atoms with van der Waals surface area (Å²) in [4.78, 5) is 34.5. The number of carbonyl (C=O) groups excluding carboxylic acids is 2. The van der Waals surface area contributed by atoms with Gasteiger partial charge in [0.25, 0.3) is 11.8 Å². The van der Waals surface area contributed by atoms with E-state index in [1.165, 1.54) is 35.6 Å². The van der Waals surface area contributed by atoms with Gasteiger partial charge in [0.05, 0.1) is 23.8 Å². The van der Waals surface area contributed by atoms with Crippen molar-refractivity contribution in [3.8, 4) is 11.1 Å². The van der Waals surface area contributed by atoms with Crippen LogP contribution < -0.4 is 10.6 Å². The second-order valence-electron chi connectivity index (χ2n) is 12.3. The van der Waals surface area contributed by atoms with Crippen molar-refractivity contribution in [3.63, 3.8) is 0 Å². The van der Waals surface area contributed by atoms with E-state index in [1.807, 2.05) is 42.6 Å². The van der Waals surface area contributed by atoms with E-state index in [2.05, 4.69) is 15.6 Å². The molecule has 1 aromatic heterocycles. The van der Waals surface area contributed by atoms with Crippen LogP contribution in [-0.4, -0.2) is 58.1 Å². The molecule has 2 aliphatic rings. The van der Waals surface area contributed by atoms with E-state index >= 15 is 0 Å². The van der Waals surface area contributed by atoms with Gasteiger partial charge < -0.3 is 20.6 Å². The number of alkyl halides is 3. The number of aliphatic hydroxyl groups excluding tert-OH is 1. The number of halogens is 3. The minimum Gasteiger partial charge on any atom is -0.389 e. The van der Waals surface area contributed by atoms with Gasteiger partial charge in [0.1, 0.15) is 5.01 Å². The number of hydrogen-bond acceptors (Lipinski definition) is 6. The first-order valence-corrected chi connectivity index (χ1v) is 16.8. The van der Waals surface area contributed by atoms with Gasteiger partial charge in [-0.2, -0.15) is 13.2 Å². The third-order valence-corrected chi connectivity index (χ3v) is 10.0. The van der Waals surface area contributed by atoms with Crippen LogP contribution in [0.5, 0.6) is 0 Å². The highest BCUT2D eigenvalue weighted by molar-refractivity contribution is 7.09. The minimum absolute atomic E-state index is 0.119. The number of aromatic nitrogens is 1. The largest absolute Gasteiger partial charge is 0.416 e. The summed E-state index contributed by atoms with van der Waals surface area (Å²) >= 11 is 1.49. The topological polar surface area (TPSA) is 94.6 Å². The summed E-state index contributed by atoms with van der Waals surface area (Å²) < 4.78 is 41.0. The van der Waals surface area contributed by atoms with E-state index in [4.69, 9.17) is 0 Å². The lowest BCUT2D eigenvalue weighted by Gasteiger charge is -2.29. The molecule has 0 radical (unpaired) electrons. The number of hydrogen-bond donors (Lipinski definition) is 3. The van der Waals surface area contributed by atoms with Crippen LogP contribution in [0.3, 0.4) is 0 Å². The summed E-state index contributed by atoms with van der Waals surface area (Å²) in [5.74, 6) is -0.848. The fourth-order valence-electron chi connectivity index (χ4n) is 6.54. The molecule has 0 saturated carbocycles. The number of thiazole rings is 1. The van der Waals surface area contributed by atoms with E-state index in [-0.39, 0.29) is 34.7 Å². The molecule has 246 valence electrons. The second-order valence-corrected chi connectivity index (χ2v) is 13.2. The number of nitrogens with one attached hydrogen (secondary N) is 2. The molecule has 3 N–H and O–H groups in total. The Kier molecular flexibility index (Phi) is 9.77. The van der Waals surface area contributed by atoms with Crippen molar-refractivity contribution < 1.29 is 27.9 Å². The number of nitrogens with zero attached hydrogens (tertiary/aromatic N) is 2. The van der Waals surface area contributed by atoms with Gasteiger partial charge in [-0.15, -0.1) is 11.3 Å². The normalized spacial score (nSPS) is 19.5. The summed E-state index contributed by atoms with van der Waals surface area (Å²) in [7, 11) is 0. The molecule has 0 bridgehead atoms. The van der Waals surface area contributed by atoms with Crippen molar-refractivity contribution in [1.29, 1.82) is 0 Å². The quantitative estimate of drug-likeness (QED) is 0.189. The first kappa shape index (κ1) is 32.9. The monoisotopic (exact) mass is 662 g/mol. The first-order valence-electron chi connectivity index (χ1n) is 15.9. The van der Waals surface area contributed by atoms with E-state index in [9.17, 15) is 27.9 Å². The van der Waals surface area contributed by atoms with Crippen LogP contribution in [0.25, 0.3) is 11.1 Å². The minimum atomic E-state index is -4.56. The molecule has 47 heavy (non-hydrogen) atoms. The van der Waals surface area contributed by atoms with Crippen molar-refractivity contribution in [1.82, 2.24) is 20.5 Å². The Morgan fingerprint density at radius 3 is 2.51 bits per heavy atom. The molecule has 2 aliphatic heterocycles. The van der Waals surface area contributed by atoms with Crippen LogP contribution in [-0.2, 0) is 12.6 Å². The second kappa shape index (κ2) is 14.0. The zero-order valence-corrected chi connectivity index (χ0v) is 26.8. The number of amides is 2. The summed E-state index contributed by atoms with van der Waals surface area (Å²) in [6, 6.07) is 17.9. The highest BCUT2D eigenvalue weighted by atomic mass is 32.1. The van der Waals surface area contributed by atoms with E-state index in [0.717, 1.165) is 60.6 Å². The predicted octanol–water partition coefficient (Wildman–Crippen LogP) is 6.57. The number of carbonyl (C=O) groups is 2. The zero-order chi connectivity index (χ0) is 33.1. The molecule has 2 saturated heterocycles. The van der Waals surface area contributed by atoms with Crippen LogP contribution in [0, 0.1) is 6.92 Å². The lowest BCUT2D eigenvalue weighted by molar-refractivity contribution is -0.137. The van der Waals surface area contributed by atoms with Gasteiger partial charge in [0, 0.05) is 34.8 Å². The smallest absolute Gasteiger partial charge is 0.389 e. The number of likely N-dealkylation sites (tertiary alicyclic amines) is 1. The predicted molar refractivity (Wildman–Crippen MR) is 175 cm³/mol. The average Bonchev–Trinajstić information content (AvgIpc) is 3.86.